The van der Waals surface area contributed by atoms with Crippen LogP contribution in [-0.2, 0) is 4.74 Å². The number of ether oxygens (including phenoxy) is 2. The fourth-order valence-corrected chi connectivity index (χ4v) is 3.25. The molecule has 0 saturated carbocycles. The van der Waals surface area contributed by atoms with E-state index in [2.05, 4.69) is 15.9 Å². The molecule has 0 aliphatic heterocycles. The fourth-order valence-electron chi connectivity index (χ4n) is 2.74. The van der Waals surface area contributed by atoms with Crippen molar-refractivity contribution in [3.05, 3.63) is 51.8 Å². The molecule has 0 amide bonds. The summed E-state index contributed by atoms with van der Waals surface area (Å²) in [6.07, 6.45) is 4.66. The summed E-state index contributed by atoms with van der Waals surface area (Å²) in [6, 6.07) is 2.55. The van der Waals surface area contributed by atoms with Gasteiger partial charge in [0.1, 0.15) is 5.76 Å². The third-order valence-corrected chi connectivity index (χ3v) is 4.71. The lowest BCUT2D eigenvalue weighted by molar-refractivity contribution is 0.154. The normalized spacial score (nSPS) is 15.7. The molecule has 3 rings (SSSR count). The Kier molecular flexibility index (Phi) is 9.77. The van der Waals surface area contributed by atoms with Gasteiger partial charge >= 0.3 is 0 Å². The second kappa shape index (κ2) is 12.0. The number of allylic oxidation sites excluding steroid dienone is 3. The van der Waals surface area contributed by atoms with Crippen molar-refractivity contribution in [1.82, 2.24) is 10.1 Å². The first-order chi connectivity index (χ1) is 14.9. The van der Waals surface area contributed by atoms with Crippen molar-refractivity contribution in [3.63, 3.8) is 0 Å². The Morgan fingerprint density at radius 2 is 2.06 bits per heavy atom. The summed E-state index contributed by atoms with van der Waals surface area (Å²) in [7, 11) is 1.50. The topological polar surface area (TPSA) is 104 Å². The Labute approximate surface area is 190 Å². The zero-order chi connectivity index (χ0) is 23.0. The highest BCUT2D eigenvalue weighted by Crippen LogP contribution is 2.36. The third-order valence-electron chi connectivity index (χ3n) is 4.08. The Morgan fingerprint density at radius 1 is 1.32 bits per heavy atom. The average molecular weight is 474 g/mol. The Bertz CT molecular complexity index is 931. The maximum Gasteiger partial charge on any atom is 0.234 e. The molecular formula is C21H26Cl2FN3O4. The minimum atomic E-state index is -0.604. The zero-order valence-corrected chi connectivity index (χ0v) is 19.1. The van der Waals surface area contributed by atoms with Crippen molar-refractivity contribution >= 4 is 23.2 Å². The smallest absolute Gasteiger partial charge is 0.234 e. The van der Waals surface area contributed by atoms with Crippen LogP contribution in [0.25, 0.3) is 11.4 Å². The van der Waals surface area contributed by atoms with E-state index >= 15 is 0 Å². The van der Waals surface area contributed by atoms with E-state index in [1.807, 2.05) is 19.9 Å². The number of nitrogens with two attached hydrogens (primary N) is 1. The van der Waals surface area contributed by atoms with Gasteiger partial charge in [0.25, 0.3) is 0 Å². The molecule has 31 heavy (non-hydrogen) atoms. The van der Waals surface area contributed by atoms with E-state index in [1.165, 1.54) is 19.2 Å². The number of halogens is 3. The molecule has 0 bridgehead atoms. The molecule has 0 fully saturated rings. The summed E-state index contributed by atoms with van der Waals surface area (Å²) in [4.78, 5) is 4.36. The standard InChI is InChI=1S/C20H21Cl2FN2O4.CH5N/c1-11(2)28-17-5-4-12(8-15(17)22)20-24-19(25-29-20)13-9-16(23)18(10-14(13)21)27-7-3-6-26;1-2/h5,8-12,26H,3-4,6-7H2,1-2H3;2H2,1H3. The highest BCUT2D eigenvalue weighted by molar-refractivity contribution is 6.33. The number of nitrogens with zero attached hydrogens (tertiary/aromatic N) is 2. The lowest BCUT2D eigenvalue weighted by Crippen LogP contribution is -2.08. The number of hydrogen-bond acceptors (Lipinski definition) is 7. The second-order valence-electron chi connectivity index (χ2n) is 6.74. The lowest BCUT2D eigenvalue weighted by Gasteiger charge is -2.18. The molecule has 1 atom stereocenters. The second-order valence-corrected chi connectivity index (χ2v) is 7.55. The number of rotatable bonds is 8. The van der Waals surface area contributed by atoms with Crippen LogP contribution < -0.4 is 10.5 Å². The monoisotopic (exact) mass is 473 g/mol. The molecule has 170 valence electrons. The first kappa shape index (κ1) is 25.1. The maximum absolute atomic E-state index is 14.3. The molecule has 2 aromatic rings. The van der Waals surface area contributed by atoms with Crippen molar-refractivity contribution in [2.75, 3.05) is 20.3 Å². The first-order valence-electron chi connectivity index (χ1n) is 9.78. The zero-order valence-electron chi connectivity index (χ0n) is 17.6. The van der Waals surface area contributed by atoms with E-state index in [4.69, 9.17) is 42.3 Å². The molecule has 0 radical (unpaired) electrons. The van der Waals surface area contributed by atoms with Gasteiger partial charge in [-0.3, -0.25) is 0 Å². The summed E-state index contributed by atoms with van der Waals surface area (Å²) < 4.78 is 30.6. The average Bonchev–Trinajstić information content (AvgIpc) is 3.23. The molecule has 0 saturated heterocycles. The number of hydrogen-bond donors (Lipinski definition) is 2. The van der Waals surface area contributed by atoms with Crippen LogP contribution in [-0.4, -0.2) is 41.6 Å². The van der Waals surface area contributed by atoms with Gasteiger partial charge in [-0.2, -0.15) is 4.98 Å². The van der Waals surface area contributed by atoms with Crippen LogP contribution in [0.2, 0.25) is 5.02 Å². The molecule has 0 spiro atoms. The summed E-state index contributed by atoms with van der Waals surface area (Å²) in [6.45, 7) is 3.99. The van der Waals surface area contributed by atoms with Crippen molar-refractivity contribution < 1.29 is 23.5 Å². The summed E-state index contributed by atoms with van der Waals surface area (Å²) >= 11 is 12.5. The van der Waals surface area contributed by atoms with Gasteiger partial charge in [-0.1, -0.05) is 28.4 Å². The SMILES string of the molecule is CC(C)OC1=CCC(c2nc(-c3cc(F)c(OCCCO)cc3Cl)no2)C=C1Cl.CN. The molecule has 1 aliphatic carbocycles. The van der Waals surface area contributed by atoms with Crippen molar-refractivity contribution in [1.29, 1.82) is 0 Å². The summed E-state index contributed by atoms with van der Waals surface area (Å²) in [5.41, 5.74) is 4.79. The van der Waals surface area contributed by atoms with Gasteiger partial charge in [0.15, 0.2) is 11.6 Å². The predicted molar refractivity (Wildman–Crippen MR) is 118 cm³/mol. The van der Waals surface area contributed by atoms with Gasteiger partial charge in [0.2, 0.25) is 11.7 Å². The quantitative estimate of drug-likeness (QED) is 0.531. The largest absolute Gasteiger partial charge is 0.490 e. The molecule has 1 aromatic carbocycles. The van der Waals surface area contributed by atoms with E-state index in [9.17, 15) is 4.39 Å². The van der Waals surface area contributed by atoms with E-state index in [0.717, 1.165) is 0 Å². The van der Waals surface area contributed by atoms with Gasteiger partial charge in [0, 0.05) is 24.7 Å². The van der Waals surface area contributed by atoms with E-state index in [1.54, 1.807) is 6.08 Å². The molecule has 1 heterocycles. The molecule has 3 N–H and O–H groups in total. The van der Waals surface area contributed by atoms with Crippen LogP contribution in [0.1, 0.15) is 38.5 Å². The molecular weight excluding hydrogens is 448 g/mol. The summed E-state index contributed by atoms with van der Waals surface area (Å²) in [5.74, 6) is 0.322. The van der Waals surface area contributed by atoms with Gasteiger partial charge < -0.3 is 24.8 Å². The molecule has 7 nitrogen and oxygen atoms in total. The predicted octanol–water partition coefficient (Wildman–Crippen LogP) is 4.78. The van der Waals surface area contributed by atoms with Crippen LogP contribution >= 0.6 is 23.2 Å². The van der Waals surface area contributed by atoms with Crippen LogP contribution in [0, 0.1) is 5.82 Å². The Morgan fingerprint density at radius 3 is 2.71 bits per heavy atom. The van der Waals surface area contributed by atoms with Crippen LogP contribution in [0.3, 0.4) is 0 Å². The highest BCUT2D eigenvalue weighted by atomic mass is 35.5. The molecule has 10 heteroatoms. The van der Waals surface area contributed by atoms with Gasteiger partial charge in [-0.25, -0.2) is 4.39 Å². The van der Waals surface area contributed by atoms with Gasteiger partial charge in [-0.05, 0) is 45.5 Å². The Balaban J connectivity index is 0.00000166. The van der Waals surface area contributed by atoms with Gasteiger partial charge in [-0.15, -0.1) is 0 Å². The third kappa shape index (κ3) is 6.67. The summed E-state index contributed by atoms with van der Waals surface area (Å²) in [5, 5.41) is 13.4. The number of aromatic nitrogens is 2. The number of aliphatic hydroxyl groups excluding tert-OH is 1. The van der Waals surface area contributed by atoms with Crippen molar-refractivity contribution in [2.45, 2.75) is 38.7 Å². The van der Waals surface area contributed by atoms with Crippen molar-refractivity contribution in [2.24, 2.45) is 5.73 Å². The minimum Gasteiger partial charge on any atom is -0.490 e. The molecule has 1 unspecified atom stereocenters. The molecule has 1 aromatic heterocycles. The molecule has 1 aliphatic rings. The Hall–Kier alpha value is -2.13. The van der Waals surface area contributed by atoms with E-state index < -0.39 is 5.82 Å². The number of benzene rings is 1. The van der Waals surface area contributed by atoms with Crippen LogP contribution in [0.15, 0.2) is 39.6 Å². The maximum atomic E-state index is 14.3. The van der Waals surface area contributed by atoms with E-state index in [-0.39, 0.29) is 41.8 Å². The van der Waals surface area contributed by atoms with Gasteiger partial charge in [0.05, 0.1) is 28.7 Å². The highest BCUT2D eigenvalue weighted by Gasteiger charge is 2.24. The fraction of sp³-hybridized carbons (Fsp3) is 0.429. The van der Waals surface area contributed by atoms with Crippen LogP contribution in [0.5, 0.6) is 5.75 Å². The van der Waals surface area contributed by atoms with Crippen LogP contribution in [0.4, 0.5) is 4.39 Å². The first-order valence-corrected chi connectivity index (χ1v) is 10.5. The van der Waals surface area contributed by atoms with E-state index in [0.29, 0.717) is 35.1 Å². The van der Waals surface area contributed by atoms with Crippen molar-refractivity contribution in [3.8, 4) is 17.1 Å². The number of aliphatic hydroxyl groups is 1. The lowest BCUT2D eigenvalue weighted by atomic mass is 10.00. The minimum absolute atomic E-state index is 0.000679.